The molecular weight excluding hydrogens is 380 g/mol. The Morgan fingerprint density at radius 1 is 0.667 bits per heavy atom. The average molecular weight is 433 g/mol. The average Bonchev–Trinajstić information content (AvgIpc) is 2.64. The van der Waals surface area contributed by atoms with Gasteiger partial charge in [0.1, 0.15) is 0 Å². The third-order valence-corrected chi connectivity index (χ3v) is 5.46. The molecule has 0 aromatic carbocycles. The van der Waals surface area contributed by atoms with Gasteiger partial charge in [0.2, 0.25) is 0 Å². The molecule has 1 aliphatic carbocycles. The molecule has 0 bridgehead atoms. The first-order valence-corrected chi connectivity index (χ1v) is 12.3. The second-order valence-corrected chi connectivity index (χ2v) is 9.46. The Bertz CT molecular complexity index is 352. The zero-order valence-electron chi connectivity index (χ0n) is 20.5. The van der Waals surface area contributed by atoms with Crippen LogP contribution in [0.4, 0.5) is 0 Å². The quantitative estimate of drug-likeness (QED) is 0.316. The van der Waals surface area contributed by atoms with E-state index in [4.69, 9.17) is 0 Å². The molecule has 0 radical (unpaired) electrons. The lowest BCUT2D eigenvalue weighted by atomic mass is 9.94. The summed E-state index contributed by atoms with van der Waals surface area (Å²) >= 11 is 0. The van der Waals surface area contributed by atoms with Gasteiger partial charge in [-0.1, -0.05) is 45.4 Å². The van der Waals surface area contributed by atoms with E-state index in [1.165, 1.54) is 51.4 Å². The van der Waals surface area contributed by atoms with Crippen LogP contribution in [0, 0.1) is 0 Å². The van der Waals surface area contributed by atoms with Gasteiger partial charge in [0, 0.05) is 32.2 Å². The van der Waals surface area contributed by atoms with Gasteiger partial charge in [0.05, 0.1) is 24.4 Å². The lowest BCUT2D eigenvalue weighted by Crippen LogP contribution is -2.44. The van der Waals surface area contributed by atoms with Crippen molar-refractivity contribution >= 4 is 0 Å². The summed E-state index contributed by atoms with van der Waals surface area (Å²) in [6.45, 7) is 13.1. The van der Waals surface area contributed by atoms with Crippen molar-refractivity contribution in [1.82, 2.24) is 9.80 Å². The van der Waals surface area contributed by atoms with Crippen LogP contribution in [0.3, 0.4) is 0 Å². The molecule has 0 aliphatic heterocycles. The van der Waals surface area contributed by atoms with E-state index in [1.54, 1.807) is 13.8 Å². The first-order valence-electron chi connectivity index (χ1n) is 12.3. The maximum absolute atomic E-state index is 9.44. The number of nitrogens with zero attached hydrogens (tertiary/aromatic N) is 2. The summed E-state index contributed by atoms with van der Waals surface area (Å²) in [5, 5.41) is 37.5. The highest BCUT2D eigenvalue weighted by Crippen LogP contribution is 2.22. The van der Waals surface area contributed by atoms with Gasteiger partial charge in [-0.15, -0.1) is 0 Å². The summed E-state index contributed by atoms with van der Waals surface area (Å²) in [7, 11) is 0. The topological polar surface area (TPSA) is 87.4 Å². The minimum Gasteiger partial charge on any atom is -0.392 e. The van der Waals surface area contributed by atoms with E-state index in [0.717, 1.165) is 13.0 Å². The molecule has 4 atom stereocenters. The van der Waals surface area contributed by atoms with Crippen LogP contribution in [0.2, 0.25) is 0 Å². The largest absolute Gasteiger partial charge is 0.392 e. The molecule has 0 heterocycles. The lowest BCUT2D eigenvalue weighted by Gasteiger charge is -2.35. The van der Waals surface area contributed by atoms with Crippen LogP contribution in [0.25, 0.3) is 0 Å². The second-order valence-electron chi connectivity index (χ2n) is 9.46. The van der Waals surface area contributed by atoms with E-state index < -0.39 is 0 Å². The molecule has 182 valence electrons. The molecule has 1 saturated carbocycles. The Morgan fingerprint density at radius 2 is 1.13 bits per heavy atom. The highest BCUT2D eigenvalue weighted by molar-refractivity contribution is 4.78. The maximum Gasteiger partial charge on any atom is 0.0639 e. The Kier molecular flexibility index (Phi) is 18.2. The Balaban J connectivity index is 0.000000561. The molecule has 6 nitrogen and oxygen atoms in total. The zero-order valence-corrected chi connectivity index (χ0v) is 20.5. The third-order valence-electron chi connectivity index (χ3n) is 5.46. The van der Waals surface area contributed by atoms with Crippen LogP contribution >= 0.6 is 0 Å². The van der Waals surface area contributed by atoms with Gasteiger partial charge in [-0.3, -0.25) is 9.80 Å². The van der Waals surface area contributed by atoms with Crippen molar-refractivity contribution in [2.24, 2.45) is 0 Å². The standard InChI is InChI=1S/C12H25NO2.C12H27NO2/c1-10(14)8-13(9-11(2)15)12-6-4-3-5-7-12;1-4-5-6-7-8-13(9-11(2)14)10-12(3)15/h10-12,14-15H,3-9H2,1-2H3;11-12,14-15H,4-10H2,1-3H3. The van der Waals surface area contributed by atoms with E-state index in [1.807, 2.05) is 13.8 Å². The zero-order chi connectivity index (χ0) is 22.9. The van der Waals surface area contributed by atoms with E-state index in [0.29, 0.717) is 32.2 Å². The number of unbranched alkanes of at least 4 members (excludes halogenated alkanes) is 3. The summed E-state index contributed by atoms with van der Waals surface area (Å²) in [5.41, 5.74) is 0. The van der Waals surface area contributed by atoms with Crippen molar-refractivity contribution < 1.29 is 20.4 Å². The van der Waals surface area contributed by atoms with Crippen LogP contribution < -0.4 is 0 Å². The molecule has 1 rings (SSSR count). The molecule has 30 heavy (non-hydrogen) atoms. The summed E-state index contributed by atoms with van der Waals surface area (Å²) in [4.78, 5) is 4.40. The Morgan fingerprint density at radius 3 is 1.53 bits per heavy atom. The van der Waals surface area contributed by atoms with E-state index in [2.05, 4.69) is 16.7 Å². The van der Waals surface area contributed by atoms with E-state index in [9.17, 15) is 20.4 Å². The monoisotopic (exact) mass is 432 g/mol. The van der Waals surface area contributed by atoms with Crippen LogP contribution in [-0.4, -0.2) is 93.4 Å². The smallest absolute Gasteiger partial charge is 0.0639 e. The summed E-state index contributed by atoms with van der Waals surface area (Å²) in [6.07, 6.45) is 10.1. The maximum atomic E-state index is 9.44. The van der Waals surface area contributed by atoms with Crippen molar-refractivity contribution in [1.29, 1.82) is 0 Å². The SMILES string of the molecule is CC(O)CN(CC(C)O)C1CCCCC1.CCCCCCN(CC(C)O)CC(C)O. The fraction of sp³-hybridized carbons (Fsp3) is 1.00. The van der Waals surface area contributed by atoms with Crippen molar-refractivity contribution in [3.63, 3.8) is 0 Å². The Hall–Kier alpha value is -0.240. The lowest BCUT2D eigenvalue weighted by molar-refractivity contribution is 0.0455. The minimum atomic E-state index is -0.310. The summed E-state index contributed by atoms with van der Waals surface area (Å²) in [5.74, 6) is 0. The number of rotatable bonds is 14. The van der Waals surface area contributed by atoms with Gasteiger partial charge in [-0.2, -0.15) is 0 Å². The normalized spacial score (nSPS) is 19.3. The predicted octanol–water partition coefficient (Wildman–Crippen LogP) is 3.01. The highest BCUT2D eigenvalue weighted by Gasteiger charge is 2.22. The van der Waals surface area contributed by atoms with Gasteiger partial charge in [-0.25, -0.2) is 0 Å². The molecule has 0 spiro atoms. The highest BCUT2D eigenvalue weighted by atomic mass is 16.3. The third kappa shape index (κ3) is 17.4. The fourth-order valence-electron chi connectivity index (χ4n) is 4.26. The fourth-order valence-corrected chi connectivity index (χ4v) is 4.26. The summed E-state index contributed by atoms with van der Waals surface area (Å²) in [6, 6.07) is 0.572. The molecule has 0 amide bonds. The molecule has 1 fully saturated rings. The van der Waals surface area contributed by atoms with E-state index in [-0.39, 0.29) is 24.4 Å². The Labute approximate surface area is 186 Å². The molecule has 4 N–H and O–H groups in total. The van der Waals surface area contributed by atoms with Crippen LogP contribution in [-0.2, 0) is 0 Å². The summed E-state index contributed by atoms with van der Waals surface area (Å²) < 4.78 is 0. The van der Waals surface area contributed by atoms with Crippen LogP contribution in [0.15, 0.2) is 0 Å². The first kappa shape index (κ1) is 29.8. The van der Waals surface area contributed by atoms with Gasteiger partial charge in [0.25, 0.3) is 0 Å². The number of hydrogen-bond acceptors (Lipinski definition) is 6. The second kappa shape index (κ2) is 18.3. The molecule has 1 aliphatic rings. The first-order chi connectivity index (χ1) is 14.1. The number of aliphatic hydroxyl groups is 4. The van der Waals surface area contributed by atoms with Gasteiger partial charge < -0.3 is 20.4 Å². The van der Waals surface area contributed by atoms with E-state index >= 15 is 0 Å². The van der Waals surface area contributed by atoms with Crippen LogP contribution in [0.1, 0.15) is 92.4 Å². The number of aliphatic hydroxyl groups excluding tert-OH is 4. The van der Waals surface area contributed by atoms with Gasteiger partial charge in [0.15, 0.2) is 0 Å². The van der Waals surface area contributed by atoms with Crippen molar-refractivity contribution in [2.75, 3.05) is 32.7 Å². The molecule has 0 aromatic heterocycles. The van der Waals surface area contributed by atoms with Crippen molar-refractivity contribution in [2.45, 2.75) is 123 Å². The van der Waals surface area contributed by atoms with Crippen LogP contribution in [0.5, 0.6) is 0 Å². The van der Waals surface area contributed by atoms with Gasteiger partial charge >= 0.3 is 0 Å². The molecule has 0 saturated heterocycles. The molecule has 0 aromatic rings. The molecule has 6 heteroatoms. The van der Waals surface area contributed by atoms with Crippen molar-refractivity contribution in [3.05, 3.63) is 0 Å². The predicted molar refractivity (Wildman–Crippen MR) is 126 cm³/mol. The molecular formula is C24H52N2O4. The minimum absolute atomic E-state index is 0.300. The van der Waals surface area contributed by atoms with Gasteiger partial charge in [-0.05, 0) is 53.5 Å². The molecule has 4 unspecified atom stereocenters. The number of hydrogen-bond donors (Lipinski definition) is 4. The van der Waals surface area contributed by atoms with Crippen molar-refractivity contribution in [3.8, 4) is 0 Å².